The van der Waals surface area contributed by atoms with Crippen LogP contribution in [0, 0.1) is 5.82 Å². The van der Waals surface area contributed by atoms with Gasteiger partial charge >= 0.3 is 0 Å². The minimum absolute atomic E-state index is 0.200. The number of aliphatic hydroxyl groups is 1. The standard InChI is InChI=1S/C18H21FN2O2/c19-15-3-5-17(6-4-15)23-13-16(22)12-21-11-1-2-18(21)14-7-9-20-10-8-14/h3-10,16,18,22H,1-2,11-13H2. The summed E-state index contributed by atoms with van der Waals surface area (Å²) in [6.07, 6.45) is 5.25. The van der Waals surface area contributed by atoms with Crippen LogP contribution in [-0.4, -0.2) is 40.8 Å². The molecule has 1 aromatic carbocycles. The Morgan fingerprint density at radius 1 is 1.22 bits per heavy atom. The Labute approximate surface area is 135 Å². The second-order valence-corrected chi connectivity index (χ2v) is 5.85. The van der Waals surface area contributed by atoms with Crippen LogP contribution < -0.4 is 4.74 Å². The van der Waals surface area contributed by atoms with Crippen LogP contribution in [0.2, 0.25) is 0 Å². The van der Waals surface area contributed by atoms with Crippen LogP contribution in [0.4, 0.5) is 4.39 Å². The van der Waals surface area contributed by atoms with Crippen molar-refractivity contribution in [1.82, 2.24) is 9.88 Å². The van der Waals surface area contributed by atoms with E-state index in [4.69, 9.17) is 4.74 Å². The van der Waals surface area contributed by atoms with Crippen molar-refractivity contribution in [3.8, 4) is 5.75 Å². The number of likely N-dealkylation sites (tertiary alicyclic amines) is 1. The zero-order valence-electron chi connectivity index (χ0n) is 12.9. The summed E-state index contributed by atoms with van der Waals surface area (Å²) in [4.78, 5) is 6.34. The Morgan fingerprint density at radius 2 is 1.96 bits per heavy atom. The van der Waals surface area contributed by atoms with Crippen molar-refractivity contribution in [2.75, 3.05) is 19.7 Å². The first-order valence-electron chi connectivity index (χ1n) is 7.93. The molecule has 1 saturated heterocycles. The molecule has 0 amide bonds. The SMILES string of the molecule is OC(COc1ccc(F)cc1)CN1CCCC1c1ccncc1. The van der Waals surface area contributed by atoms with E-state index >= 15 is 0 Å². The number of benzene rings is 1. The molecule has 122 valence electrons. The molecule has 0 saturated carbocycles. The molecule has 0 radical (unpaired) electrons. The van der Waals surface area contributed by atoms with Crippen molar-refractivity contribution < 1.29 is 14.2 Å². The highest BCUT2D eigenvalue weighted by Gasteiger charge is 2.27. The fourth-order valence-electron chi connectivity index (χ4n) is 3.05. The van der Waals surface area contributed by atoms with Crippen LogP contribution >= 0.6 is 0 Å². The van der Waals surface area contributed by atoms with Gasteiger partial charge in [-0.2, -0.15) is 0 Å². The molecule has 2 heterocycles. The Bertz CT molecular complexity index is 606. The molecule has 3 rings (SSSR count). The topological polar surface area (TPSA) is 45.6 Å². The van der Waals surface area contributed by atoms with Gasteiger partial charge in [-0.3, -0.25) is 9.88 Å². The number of hydrogen-bond donors (Lipinski definition) is 1. The molecule has 23 heavy (non-hydrogen) atoms. The van der Waals surface area contributed by atoms with Gasteiger partial charge in [0.2, 0.25) is 0 Å². The molecule has 1 aliphatic rings. The number of aromatic nitrogens is 1. The van der Waals surface area contributed by atoms with Crippen molar-refractivity contribution in [1.29, 1.82) is 0 Å². The highest BCUT2D eigenvalue weighted by molar-refractivity contribution is 5.22. The summed E-state index contributed by atoms with van der Waals surface area (Å²) in [7, 11) is 0. The lowest BCUT2D eigenvalue weighted by Crippen LogP contribution is -2.35. The van der Waals surface area contributed by atoms with E-state index in [1.807, 2.05) is 12.1 Å². The highest BCUT2D eigenvalue weighted by Crippen LogP contribution is 2.31. The normalized spacial score (nSPS) is 19.7. The lowest BCUT2D eigenvalue weighted by atomic mass is 10.1. The van der Waals surface area contributed by atoms with Gasteiger partial charge in [0.1, 0.15) is 24.3 Å². The molecule has 2 aromatic rings. The lowest BCUT2D eigenvalue weighted by molar-refractivity contribution is 0.0638. The molecular weight excluding hydrogens is 295 g/mol. The Kier molecular flexibility index (Phi) is 5.20. The summed E-state index contributed by atoms with van der Waals surface area (Å²) in [6, 6.07) is 10.2. The fourth-order valence-corrected chi connectivity index (χ4v) is 3.05. The molecule has 1 aromatic heterocycles. The average molecular weight is 316 g/mol. The van der Waals surface area contributed by atoms with E-state index in [1.165, 1.54) is 17.7 Å². The first-order valence-corrected chi connectivity index (χ1v) is 7.93. The predicted molar refractivity (Wildman–Crippen MR) is 85.7 cm³/mol. The van der Waals surface area contributed by atoms with Crippen LogP contribution in [0.25, 0.3) is 0 Å². The van der Waals surface area contributed by atoms with Crippen molar-refractivity contribution in [3.05, 3.63) is 60.2 Å². The third-order valence-corrected chi connectivity index (χ3v) is 4.16. The van der Waals surface area contributed by atoms with Gasteiger partial charge in [-0.15, -0.1) is 0 Å². The van der Waals surface area contributed by atoms with E-state index in [0.29, 0.717) is 18.3 Å². The molecule has 5 heteroatoms. The summed E-state index contributed by atoms with van der Waals surface area (Å²) < 4.78 is 18.4. The number of aliphatic hydroxyl groups excluding tert-OH is 1. The number of hydrogen-bond acceptors (Lipinski definition) is 4. The number of ether oxygens (including phenoxy) is 1. The lowest BCUT2D eigenvalue weighted by Gasteiger charge is -2.27. The van der Waals surface area contributed by atoms with Crippen LogP contribution in [0.5, 0.6) is 5.75 Å². The second kappa shape index (κ2) is 7.53. The van der Waals surface area contributed by atoms with Crippen molar-refractivity contribution >= 4 is 0 Å². The number of halogens is 1. The zero-order chi connectivity index (χ0) is 16.1. The molecule has 2 unspecified atom stereocenters. The Balaban J connectivity index is 1.52. The van der Waals surface area contributed by atoms with Crippen LogP contribution in [0.15, 0.2) is 48.8 Å². The zero-order valence-corrected chi connectivity index (χ0v) is 12.9. The van der Waals surface area contributed by atoms with E-state index in [-0.39, 0.29) is 12.4 Å². The maximum atomic E-state index is 12.8. The summed E-state index contributed by atoms with van der Waals surface area (Å²) in [5.74, 6) is 0.271. The smallest absolute Gasteiger partial charge is 0.123 e. The number of β-amino-alcohol motifs (C(OH)–C–C–N with tert-alkyl or cyclic N) is 1. The summed E-state index contributed by atoms with van der Waals surface area (Å²) in [6.45, 7) is 1.74. The van der Waals surface area contributed by atoms with Crippen molar-refractivity contribution in [3.63, 3.8) is 0 Å². The van der Waals surface area contributed by atoms with Crippen LogP contribution in [0.1, 0.15) is 24.4 Å². The van der Waals surface area contributed by atoms with Crippen LogP contribution in [0.3, 0.4) is 0 Å². The number of pyridine rings is 1. The van der Waals surface area contributed by atoms with Crippen molar-refractivity contribution in [2.24, 2.45) is 0 Å². The predicted octanol–water partition coefficient (Wildman–Crippen LogP) is 2.80. The van der Waals surface area contributed by atoms with Gasteiger partial charge in [-0.25, -0.2) is 4.39 Å². The number of rotatable bonds is 6. The summed E-state index contributed by atoms with van der Waals surface area (Å²) >= 11 is 0. The molecular formula is C18H21FN2O2. The average Bonchev–Trinajstić information content (AvgIpc) is 3.03. The first-order chi connectivity index (χ1) is 11.2. The first kappa shape index (κ1) is 15.9. The van der Waals surface area contributed by atoms with Gasteiger partial charge in [-0.1, -0.05) is 0 Å². The van der Waals surface area contributed by atoms with E-state index in [1.54, 1.807) is 24.5 Å². The van der Waals surface area contributed by atoms with Gasteiger partial charge in [0, 0.05) is 25.0 Å². The van der Waals surface area contributed by atoms with Gasteiger partial charge in [-0.05, 0) is 61.3 Å². The quantitative estimate of drug-likeness (QED) is 0.890. The van der Waals surface area contributed by atoms with Crippen molar-refractivity contribution in [2.45, 2.75) is 25.0 Å². The van der Waals surface area contributed by atoms with Gasteiger partial charge in [0.05, 0.1) is 0 Å². The fraction of sp³-hybridized carbons (Fsp3) is 0.389. The van der Waals surface area contributed by atoms with Gasteiger partial charge < -0.3 is 9.84 Å². The Morgan fingerprint density at radius 3 is 2.70 bits per heavy atom. The van der Waals surface area contributed by atoms with E-state index < -0.39 is 6.10 Å². The molecule has 1 aliphatic heterocycles. The largest absolute Gasteiger partial charge is 0.491 e. The summed E-state index contributed by atoms with van der Waals surface area (Å²) in [5, 5.41) is 10.2. The Hall–Kier alpha value is -1.98. The minimum atomic E-state index is -0.581. The highest BCUT2D eigenvalue weighted by atomic mass is 19.1. The number of nitrogens with zero attached hydrogens (tertiary/aromatic N) is 2. The van der Waals surface area contributed by atoms with Gasteiger partial charge in [0.15, 0.2) is 0 Å². The molecule has 0 bridgehead atoms. The second-order valence-electron chi connectivity index (χ2n) is 5.85. The van der Waals surface area contributed by atoms with Gasteiger partial charge in [0.25, 0.3) is 0 Å². The maximum absolute atomic E-state index is 12.8. The van der Waals surface area contributed by atoms with E-state index in [9.17, 15) is 9.50 Å². The third-order valence-electron chi connectivity index (χ3n) is 4.16. The monoisotopic (exact) mass is 316 g/mol. The molecule has 1 fully saturated rings. The third kappa shape index (κ3) is 4.27. The molecule has 2 atom stereocenters. The molecule has 4 nitrogen and oxygen atoms in total. The maximum Gasteiger partial charge on any atom is 0.123 e. The molecule has 0 spiro atoms. The molecule has 1 N–H and O–H groups in total. The molecule has 0 aliphatic carbocycles. The summed E-state index contributed by atoms with van der Waals surface area (Å²) in [5.41, 5.74) is 1.24. The minimum Gasteiger partial charge on any atom is -0.491 e. The van der Waals surface area contributed by atoms with Crippen LogP contribution in [-0.2, 0) is 0 Å². The van der Waals surface area contributed by atoms with E-state index in [2.05, 4.69) is 9.88 Å². The van der Waals surface area contributed by atoms with E-state index in [0.717, 1.165) is 19.4 Å².